The van der Waals surface area contributed by atoms with Gasteiger partial charge in [0.05, 0.1) is 22.7 Å². The van der Waals surface area contributed by atoms with Gasteiger partial charge in [-0.3, -0.25) is 0 Å². The van der Waals surface area contributed by atoms with Crippen LogP contribution in [0.15, 0.2) is 21.1 Å². The summed E-state index contributed by atoms with van der Waals surface area (Å²) in [5.74, 6) is 0.805. The number of ether oxygens (including phenoxy) is 2. The number of halogens is 2. The Hall–Kier alpha value is -0.0600. The van der Waals surface area contributed by atoms with E-state index in [1.54, 1.807) is 14.2 Å². The Balaban J connectivity index is 3.05. The van der Waals surface area contributed by atoms with E-state index in [1.165, 1.54) is 0 Å². The second kappa shape index (κ2) is 4.98. The summed E-state index contributed by atoms with van der Waals surface area (Å²) in [7, 11) is 3.31. The van der Waals surface area contributed by atoms with Crippen molar-refractivity contribution in [3.8, 4) is 5.75 Å². The summed E-state index contributed by atoms with van der Waals surface area (Å²) >= 11 is 6.84. The molecule has 0 saturated heterocycles. The Kier molecular flexibility index (Phi) is 4.22. The zero-order valence-electron chi connectivity index (χ0n) is 7.43. The fraction of sp³-hybridized carbons (Fsp3) is 0.333. The van der Waals surface area contributed by atoms with Crippen molar-refractivity contribution in [3.63, 3.8) is 0 Å². The van der Waals surface area contributed by atoms with Crippen LogP contribution < -0.4 is 4.74 Å². The molecule has 0 radical (unpaired) electrons. The van der Waals surface area contributed by atoms with Gasteiger partial charge in [-0.25, -0.2) is 0 Å². The summed E-state index contributed by atoms with van der Waals surface area (Å²) in [5, 5.41) is 0. The molecule has 0 amide bonds. The van der Waals surface area contributed by atoms with E-state index in [0.717, 1.165) is 20.3 Å². The van der Waals surface area contributed by atoms with Crippen molar-refractivity contribution < 1.29 is 9.47 Å². The lowest BCUT2D eigenvalue weighted by molar-refractivity contribution is 0.184. The van der Waals surface area contributed by atoms with E-state index in [-0.39, 0.29) is 0 Å². The first-order valence-corrected chi connectivity index (χ1v) is 5.28. The summed E-state index contributed by atoms with van der Waals surface area (Å²) in [6.07, 6.45) is 0. The molecule has 1 aromatic carbocycles. The Bertz CT molecular complexity index is 277. The van der Waals surface area contributed by atoms with Crippen LogP contribution in [0.25, 0.3) is 0 Å². The van der Waals surface area contributed by atoms with E-state index in [1.807, 2.05) is 12.1 Å². The highest BCUT2D eigenvalue weighted by Crippen LogP contribution is 2.34. The predicted molar refractivity (Wildman–Crippen MR) is 59.1 cm³/mol. The average molecular weight is 310 g/mol. The molecule has 0 bridgehead atoms. The smallest absolute Gasteiger partial charge is 0.147 e. The van der Waals surface area contributed by atoms with Gasteiger partial charge in [-0.1, -0.05) is 0 Å². The van der Waals surface area contributed by atoms with E-state index in [4.69, 9.17) is 9.47 Å². The van der Waals surface area contributed by atoms with Gasteiger partial charge >= 0.3 is 0 Å². The maximum atomic E-state index is 5.17. The average Bonchev–Trinajstić information content (AvgIpc) is 2.04. The molecule has 0 aliphatic rings. The number of hydrogen-bond acceptors (Lipinski definition) is 2. The van der Waals surface area contributed by atoms with Crippen LogP contribution in [0.2, 0.25) is 0 Å². The molecule has 0 saturated carbocycles. The largest absolute Gasteiger partial charge is 0.494 e. The minimum Gasteiger partial charge on any atom is -0.494 e. The molecule has 2 nitrogen and oxygen atoms in total. The van der Waals surface area contributed by atoms with Gasteiger partial charge < -0.3 is 9.47 Å². The van der Waals surface area contributed by atoms with E-state index >= 15 is 0 Å². The van der Waals surface area contributed by atoms with Crippen molar-refractivity contribution in [1.82, 2.24) is 0 Å². The molecule has 0 N–H and O–H groups in total. The highest BCUT2D eigenvalue weighted by molar-refractivity contribution is 9.11. The quantitative estimate of drug-likeness (QED) is 0.852. The monoisotopic (exact) mass is 308 g/mol. The van der Waals surface area contributed by atoms with Gasteiger partial charge in [0.2, 0.25) is 0 Å². The van der Waals surface area contributed by atoms with Crippen LogP contribution in [0.5, 0.6) is 5.75 Å². The van der Waals surface area contributed by atoms with Crippen LogP contribution in [0.1, 0.15) is 5.56 Å². The first kappa shape index (κ1) is 11.0. The second-order valence-corrected chi connectivity index (χ2v) is 4.23. The summed E-state index contributed by atoms with van der Waals surface area (Å²) in [6.45, 7) is 0.598. The number of benzene rings is 1. The Morgan fingerprint density at radius 1 is 1.15 bits per heavy atom. The molecule has 72 valence electrons. The van der Waals surface area contributed by atoms with Crippen LogP contribution in [0, 0.1) is 0 Å². The molecule has 13 heavy (non-hydrogen) atoms. The fourth-order valence-corrected chi connectivity index (χ4v) is 2.66. The Labute approximate surface area is 94.5 Å². The third kappa shape index (κ3) is 2.69. The zero-order chi connectivity index (χ0) is 9.84. The third-order valence-electron chi connectivity index (χ3n) is 1.57. The molecule has 1 aromatic rings. The van der Waals surface area contributed by atoms with E-state index in [0.29, 0.717) is 6.61 Å². The summed E-state index contributed by atoms with van der Waals surface area (Å²) in [4.78, 5) is 0. The van der Waals surface area contributed by atoms with Gasteiger partial charge in [-0.15, -0.1) is 0 Å². The third-order valence-corrected chi connectivity index (χ3v) is 2.75. The Morgan fingerprint density at radius 3 is 2.08 bits per heavy atom. The summed E-state index contributed by atoms with van der Waals surface area (Å²) in [6, 6.07) is 3.96. The molecule has 0 fully saturated rings. The highest BCUT2D eigenvalue weighted by Gasteiger charge is 2.06. The lowest BCUT2D eigenvalue weighted by Gasteiger charge is -2.08. The maximum Gasteiger partial charge on any atom is 0.147 e. The van der Waals surface area contributed by atoms with Gasteiger partial charge in [0.25, 0.3) is 0 Å². The van der Waals surface area contributed by atoms with Crippen LogP contribution >= 0.6 is 31.9 Å². The van der Waals surface area contributed by atoms with Crippen molar-refractivity contribution in [2.75, 3.05) is 14.2 Å². The van der Waals surface area contributed by atoms with Crippen molar-refractivity contribution in [2.45, 2.75) is 6.61 Å². The first-order valence-electron chi connectivity index (χ1n) is 3.70. The van der Waals surface area contributed by atoms with Crippen LogP contribution in [-0.2, 0) is 11.3 Å². The number of rotatable bonds is 3. The zero-order valence-corrected chi connectivity index (χ0v) is 10.6. The van der Waals surface area contributed by atoms with Gasteiger partial charge in [0.15, 0.2) is 0 Å². The van der Waals surface area contributed by atoms with Gasteiger partial charge in [0, 0.05) is 7.11 Å². The van der Waals surface area contributed by atoms with Gasteiger partial charge in [0.1, 0.15) is 5.75 Å². The molecule has 0 aliphatic carbocycles. The normalized spacial score (nSPS) is 10.2. The van der Waals surface area contributed by atoms with E-state index < -0.39 is 0 Å². The van der Waals surface area contributed by atoms with Crippen molar-refractivity contribution >= 4 is 31.9 Å². The maximum absolute atomic E-state index is 5.17. The van der Waals surface area contributed by atoms with Gasteiger partial charge in [-0.2, -0.15) is 0 Å². The molecule has 0 aromatic heterocycles. The van der Waals surface area contributed by atoms with Crippen LogP contribution in [-0.4, -0.2) is 14.2 Å². The highest BCUT2D eigenvalue weighted by atomic mass is 79.9. The molecule has 0 atom stereocenters. The summed E-state index contributed by atoms with van der Waals surface area (Å²) < 4.78 is 12.1. The topological polar surface area (TPSA) is 18.5 Å². The van der Waals surface area contributed by atoms with Crippen molar-refractivity contribution in [3.05, 3.63) is 26.6 Å². The lowest BCUT2D eigenvalue weighted by Crippen LogP contribution is -1.91. The molecule has 1 rings (SSSR count). The van der Waals surface area contributed by atoms with Gasteiger partial charge in [-0.05, 0) is 49.6 Å². The van der Waals surface area contributed by atoms with Crippen LogP contribution in [0.4, 0.5) is 0 Å². The second-order valence-electron chi connectivity index (χ2n) is 2.53. The van der Waals surface area contributed by atoms with E-state index in [2.05, 4.69) is 31.9 Å². The Morgan fingerprint density at radius 2 is 1.69 bits per heavy atom. The molecule has 0 unspecified atom stereocenters. The molecule has 0 spiro atoms. The standard InChI is InChI=1S/C9H10Br2O2/c1-12-5-6-3-7(10)9(13-2)8(11)4-6/h3-4H,5H2,1-2H3. The van der Waals surface area contributed by atoms with E-state index in [9.17, 15) is 0 Å². The molecular weight excluding hydrogens is 300 g/mol. The number of methoxy groups -OCH3 is 2. The van der Waals surface area contributed by atoms with Crippen molar-refractivity contribution in [1.29, 1.82) is 0 Å². The minimum atomic E-state index is 0.598. The van der Waals surface area contributed by atoms with Crippen molar-refractivity contribution in [2.24, 2.45) is 0 Å². The molecular formula is C9H10Br2O2. The lowest BCUT2D eigenvalue weighted by atomic mass is 10.2. The molecule has 0 aliphatic heterocycles. The molecule has 4 heteroatoms. The van der Waals surface area contributed by atoms with Crippen LogP contribution in [0.3, 0.4) is 0 Å². The minimum absolute atomic E-state index is 0.598. The first-order chi connectivity index (χ1) is 6.19. The predicted octanol–water partition coefficient (Wildman–Crippen LogP) is 3.37. The SMILES string of the molecule is COCc1cc(Br)c(OC)c(Br)c1. The number of hydrogen-bond donors (Lipinski definition) is 0. The summed E-state index contributed by atoms with van der Waals surface area (Å²) in [5.41, 5.74) is 1.10. The fourth-order valence-electron chi connectivity index (χ4n) is 1.06. The molecule has 0 heterocycles.